The highest BCUT2D eigenvalue weighted by molar-refractivity contribution is 6.31. The Morgan fingerprint density at radius 2 is 1.95 bits per heavy atom. The number of amides is 1. The molecule has 21 heavy (non-hydrogen) atoms. The molecule has 1 unspecified atom stereocenters. The van der Waals surface area contributed by atoms with Crippen LogP contribution >= 0.6 is 11.6 Å². The monoisotopic (exact) mass is 309 g/mol. The molecule has 0 bridgehead atoms. The molecule has 5 heteroatoms. The van der Waals surface area contributed by atoms with E-state index in [1.54, 1.807) is 32.9 Å². The predicted octanol–water partition coefficient (Wildman–Crippen LogP) is 3.28. The first-order valence-corrected chi connectivity index (χ1v) is 6.96. The molecule has 1 amide bonds. The molecule has 1 atom stereocenters. The lowest BCUT2D eigenvalue weighted by Crippen LogP contribution is -2.48. The highest BCUT2D eigenvalue weighted by atomic mass is 35.5. The van der Waals surface area contributed by atoms with E-state index in [1.807, 2.05) is 19.1 Å². The average molecular weight is 310 g/mol. The van der Waals surface area contributed by atoms with Crippen molar-refractivity contribution >= 4 is 29.6 Å². The number of rotatable bonds is 4. The Hall–Kier alpha value is -1.81. The molecule has 2 N–H and O–H groups in total. The lowest BCUT2D eigenvalue weighted by atomic mass is 9.87. The third-order valence-corrected chi connectivity index (χ3v) is 3.43. The van der Waals surface area contributed by atoms with Crippen LogP contribution in [-0.4, -0.2) is 23.0 Å². The number of aryl methyl sites for hydroxylation is 1. The summed E-state index contributed by atoms with van der Waals surface area (Å²) in [7, 11) is 0. The summed E-state index contributed by atoms with van der Waals surface area (Å²) in [6.07, 6.45) is 2.91. The Balaban J connectivity index is 2.78. The summed E-state index contributed by atoms with van der Waals surface area (Å²) < 4.78 is 0. The van der Waals surface area contributed by atoms with Crippen LogP contribution in [0.15, 0.2) is 24.3 Å². The second-order valence-electron chi connectivity index (χ2n) is 5.99. The summed E-state index contributed by atoms with van der Waals surface area (Å²) >= 11 is 6.00. The molecular weight excluding hydrogens is 290 g/mol. The average Bonchev–Trinajstić information content (AvgIpc) is 2.35. The van der Waals surface area contributed by atoms with Gasteiger partial charge in [0.05, 0.1) is 0 Å². The number of carbonyl (C=O) groups is 2. The minimum atomic E-state index is -1.05. The molecule has 0 aromatic heterocycles. The summed E-state index contributed by atoms with van der Waals surface area (Å²) in [5.41, 5.74) is 1.17. The maximum absolute atomic E-state index is 11.8. The van der Waals surface area contributed by atoms with Gasteiger partial charge >= 0.3 is 5.97 Å². The lowest BCUT2D eigenvalue weighted by Gasteiger charge is -2.27. The fourth-order valence-electron chi connectivity index (χ4n) is 1.72. The van der Waals surface area contributed by atoms with E-state index in [2.05, 4.69) is 5.32 Å². The van der Waals surface area contributed by atoms with Crippen LogP contribution in [0.5, 0.6) is 0 Å². The second kappa shape index (κ2) is 6.76. The summed E-state index contributed by atoms with van der Waals surface area (Å²) in [5.74, 6) is -1.50. The Kier molecular flexibility index (Phi) is 5.55. The standard InChI is InChI=1S/C16H20ClNO3/c1-10-5-6-11(9-12(10)17)7-8-13(19)18-14(15(20)21)16(2,3)4/h5-9,14H,1-4H3,(H,18,19)(H,20,21)/b8-7+. The summed E-state index contributed by atoms with van der Waals surface area (Å²) in [4.78, 5) is 23.0. The highest BCUT2D eigenvalue weighted by Gasteiger charge is 2.31. The number of carbonyl (C=O) groups excluding carboxylic acids is 1. The zero-order valence-electron chi connectivity index (χ0n) is 12.6. The van der Waals surface area contributed by atoms with E-state index in [1.165, 1.54) is 6.08 Å². The van der Waals surface area contributed by atoms with Gasteiger partial charge in [0.15, 0.2) is 0 Å². The molecule has 0 saturated carbocycles. The molecule has 0 saturated heterocycles. The van der Waals surface area contributed by atoms with Crippen molar-refractivity contribution < 1.29 is 14.7 Å². The van der Waals surface area contributed by atoms with Gasteiger partial charge in [0.25, 0.3) is 0 Å². The SMILES string of the molecule is Cc1ccc(/C=C/C(=O)NC(C(=O)O)C(C)(C)C)cc1Cl. The molecule has 0 aliphatic heterocycles. The Labute approximate surface area is 129 Å². The molecule has 114 valence electrons. The van der Waals surface area contributed by atoms with Crippen molar-refractivity contribution in [3.8, 4) is 0 Å². The van der Waals surface area contributed by atoms with Crippen molar-refractivity contribution in [1.82, 2.24) is 5.32 Å². The van der Waals surface area contributed by atoms with Gasteiger partial charge < -0.3 is 10.4 Å². The van der Waals surface area contributed by atoms with Crippen LogP contribution in [-0.2, 0) is 9.59 Å². The topological polar surface area (TPSA) is 66.4 Å². The van der Waals surface area contributed by atoms with Crippen molar-refractivity contribution in [2.75, 3.05) is 0 Å². The predicted molar refractivity (Wildman–Crippen MR) is 84.2 cm³/mol. The van der Waals surface area contributed by atoms with Crippen molar-refractivity contribution in [1.29, 1.82) is 0 Å². The fourth-order valence-corrected chi connectivity index (χ4v) is 1.91. The highest BCUT2D eigenvalue weighted by Crippen LogP contribution is 2.20. The molecule has 1 rings (SSSR count). The van der Waals surface area contributed by atoms with E-state index in [-0.39, 0.29) is 0 Å². The minimum Gasteiger partial charge on any atom is -0.480 e. The first-order chi connectivity index (χ1) is 9.61. The molecule has 0 radical (unpaired) electrons. The van der Waals surface area contributed by atoms with Gasteiger partial charge in [0.1, 0.15) is 6.04 Å². The van der Waals surface area contributed by atoms with E-state index in [0.29, 0.717) is 5.02 Å². The largest absolute Gasteiger partial charge is 0.480 e. The van der Waals surface area contributed by atoms with Gasteiger partial charge in [-0.25, -0.2) is 4.79 Å². The number of hydrogen-bond donors (Lipinski definition) is 2. The van der Waals surface area contributed by atoms with Crippen LogP contribution < -0.4 is 5.32 Å². The normalized spacial score (nSPS) is 13.2. The molecular formula is C16H20ClNO3. The number of aliphatic carboxylic acids is 1. The van der Waals surface area contributed by atoms with E-state index < -0.39 is 23.3 Å². The maximum atomic E-state index is 11.8. The van der Waals surface area contributed by atoms with Crippen LogP contribution in [0, 0.1) is 12.3 Å². The number of nitrogens with one attached hydrogen (secondary N) is 1. The van der Waals surface area contributed by atoms with Crippen molar-refractivity contribution in [2.24, 2.45) is 5.41 Å². The first kappa shape index (κ1) is 17.2. The van der Waals surface area contributed by atoms with Crippen LogP contribution in [0.25, 0.3) is 6.08 Å². The molecule has 0 heterocycles. The van der Waals surface area contributed by atoms with Gasteiger partial charge in [-0.3, -0.25) is 4.79 Å². The summed E-state index contributed by atoms with van der Waals surface area (Å²) in [6, 6.07) is 4.49. The van der Waals surface area contributed by atoms with Crippen molar-refractivity contribution in [3.05, 3.63) is 40.4 Å². The van der Waals surface area contributed by atoms with Gasteiger partial charge in [-0.2, -0.15) is 0 Å². The first-order valence-electron chi connectivity index (χ1n) is 6.59. The van der Waals surface area contributed by atoms with E-state index >= 15 is 0 Å². The number of carboxylic acids is 1. The van der Waals surface area contributed by atoms with Crippen LogP contribution in [0.1, 0.15) is 31.9 Å². The Morgan fingerprint density at radius 3 is 2.43 bits per heavy atom. The van der Waals surface area contributed by atoms with Gasteiger partial charge in [-0.15, -0.1) is 0 Å². The van der Waals surface area contributed by atoms with Gasteiger partial charge in [0.2, 0.25) is 5.91 Å². The van der Waals surface area contributed by atoms with Crippen molar-refractivity contribution in [2.45, 2.75) is 33.7 Å². The third-order valence-electron chi connectivity index (χ3n) is 3.02. The third kappa shape index (κ3) is 5.23. The smallest absolute Gasteiger partial charge is 0.326 e. The van der Waals surface area contributed by atoms with Crippen LogP contribution in [0.3, 0.4) is 0 Å². The molecule has 1 aromatic rings. The quantitative estimate of drug-likeness (QED) is 0.839. The van der Waals surface area contributed by atoms with Crippen LogP contribution in [0.2, 0.25) is 5.02 Å². The number of halogens is 1. The molecule has 0 aliphatic carbocycles. The molecule has 4 nitrogen and oxygen atoms in total. The zero-order chi connectivity index (χ0) is 16.2. The number of benzene rings is 1. The molecule has 0 aliphatic rings. The fraction of sp³-hybridized carbons (Fsp3) is 0.375. The summed E-state index contributed by atoms with van der Waals surface area (Å²) in [5, 5.41) is 12.3. The van der Waals surface area contributed by atoms with Gasteiger partial charge in [-0.05, 0) is 35.6 Å². The van der Waals surface area contributed by atoms with Gasteiger partial charge in [-0.1, -0.05) is 44.5 Å². The molecule has 0 spiro atoms. The second-order valence-corrected chi connectivity index (χ2v) is 6.40. The van der Waals surface area contributed by atoms with Crippen LogP contribution in [0.4, 0.5) is 0 Å². The number of carboxylic acid groups (broad SMARTS) is 1. The Morgan fingerprint density at radius 1 is 1.33 bits per heavy atom. The molecule has 1 aromatic carbocycles. The van der Waals surface area contributed by atoms with E-state index in [9.17, 15) is 9.59 Å². The lowest BCUT2D eigenvalue weighted by molar-refractivity contribution is -0.144. The maximum Gasteiger partial charge on any atom is 0.326 e. The van der Waals surface area contributed by atoms with E-state index in [0.717, 1.165) is 11.1 Å². The Bertz CT molecular complexity index is 573. The summed E-state index contributed by atoms with van der Waals surface area (Å²) in [6.45, 7) is 7.17. The minimum absolute atomic E-state index is 0.450. The number of hydrogen-bond acceptors (Lipinski definition) is 2. The van der Waals surface area contributed by atoms with E-state index in [4.69, 9.17) is 16.7 Å². The zero-order valence-corrected chi connectivity index (χ0v) is 13.4. The molecule has 0 fully saturated rings. The van der Waals surface area contributed by atoms with Crippen molar-refractivity contribution in [3.63, 3.8) is 0 Å². The van der Waals surface area contributed by atoms with Gasteiger partial charge in [0, 0.05) is 11.1 Å².